The number of rotatable bonds is 3. The van der Waals surface area contributed by atoms with Crippen LogP contribution in [0.4, 0.5) is 0 Å². The summed E-state index contributed by atoms with van der Waals surface area (Å²) in [6, 6.07) is 10.4. The molecule has 0 aliphatic rings. The number of benzene rings is 1. The van der Waals surface area contributed by atoms with E-state index in [1.54, 1.807) is 11.6 Å². The van der Waals surface area contributed by atoms with E-state index in [0.717, 1.165) is 0 Å². The van der Waals surface area contributed by atoms with E-state index >= 15 is 0 Å². The lowest BCUT2D eigenvalue weighted by Gasteiger charge is -2.13. The van der Waals surface area contributed by atoms with Gasteiger partial charge in [0.15, 0.2) is 0 Å². The van der Waals surface area contributed by atoms with Gasteiger partial charge in [0.1, 0.15) is 12.4 Å². The first kappa shape index (κ1) is 10.4. The van der Waals surface area contributed by atoms with E-state index in [-0.39, 0.29) is 0 Å². The highest BCUT2D eigenvalue weighted by Crippen LogP contribution is 2.13. The second kappa shape index (κ2) is 4.58. The molecule has 4 heteroatoms. The lowest BCUT2D eigenvalue weighted by molar-refractivity contribution is -0.652. The molecule has 2 nitrogen and oxygen atoms in total. The van der Waals surface area contributed by atoms with E-state index in [0.29, 0.717) is 0 Å². The van der Waals surface area contributed by atoms with Gasteiger partial charge in [-0.05, 0) is 4.90 Å². The van der Waals surface area contributed by atoms with Crippen molar-refractivity contribution >= 4 is 23.9 Å². The minimum Gasteiger partial charge on any atom is -0.404 e. The highest BCUT2D eigenvalue weighted by atomic mass is 32.2. The van der Waals surface area contributed by atoms with Gasteiger partial charge in [-0.25, -0.2) is 0 Å². The van der Waals surface area contributed by atoms with Crippen LogP contribution in [0.15, 0.2) is 47.6 Å². The molecule has 0 amide bonds. The Balaban J connectivity index is 2.05. The molecule has 0 fully saturated rings. The molecule has 0 aliphatic heterocycles. The molecule has 2 rings (SSSR count). The molecule has 0 aliphatic carbocycles. The van der Waals surface area contributed by atoms with Crippen molar-refractivity contribution < 1.29 is 4.57 Å². The smallest absolute Gasteiger partial charge is 0.125 e. The zero-order valence-corrected chi connectivity index (χ0v) is 9.74. The molecule has 0 N–H and O–H groups in total. The Morgan fingerprint density at radius 2 is 2.00 bits per heavy atom. The molecule has 2 aromatic rings. The second-order valence-corrected chi connectivity index (χ2v) is 4.37. The van der Waals surface area contributed by atoms with Crippen molar-refractivity contribution in [3.8, 4) is 0 Å². The van der Waals surface area contributed by atoms with Crippen molar-refractivity contribution in [1.29, 1.82) is 0 Å². The van der Waals surface area contributed by atoms with Gasteiger partial charge in [0, 0.05) is 5.72 Å². The van der Waals surface area contributed by atoms with Crippen molar-refractivity contribution in [2.45, 2.75) is 4.90 Å². The molecule has 0 atom stereocenters. The van der Waals surface area contributed by atoms with Crippen LogP contribution in [0.2, 0.25) is 0 Å². The Hall–Kier alpha value is -1.16. The third-order valence-electron chi connectivity index (χ3n) is 2.28. The minimum atomic E-state index is 1.20. The summed E-state index contributed by atoms with van der Waals surface area (Å²) in [7, 11) is 4.11. The Bertz CT molecular complexity index is 420. The van der Waals surface area contributed by atoms with Crippen LogP contribution in [0.3, 0.4) is 0 Å². The Labute approximate surface area is 95.1 Å². The van der Waals surface area contributed by atoms with Gasteiger partial charge < -0.3 is 11.6 Å². The predicted octanol–water partition coefficient (Wildman–Crippen LogP) is 0.886. The molecule has 0 spiro atoms. The zero-order valence-electron chi connectivity index (χ0n) is 8.92. The van der Waals surface area contributed by atoms with Crippen LogP contribution in [-0.2, 0) is 14.1 Å². The van der Waals surface area contributed by atoms with Gasteiger partial charge in [0.2, 0.25) is 0 Å². The van der Waals surface area contributed by atoms with Gasteiger partial charge in [0.25, 0.3) is 0 Å². The summed E-state index contributed by atoms with van der Waals surface area (Å²) in [4.78, 5) is 1.26. The monoisotopic (exact) mass is 216 g/mol. The van der Waals surface area contributed by atoms with Gasteiger partial charge in [0.05, 0.1) is 14.1 Å². The highest BCUT2D eigenvalue weighted by Gasteiger charge is 1.98. The molecule has 2 radical (unpaired) electrons. The number of nitrogens with zero attached hydrogens (tertiary/aromatic N) is 2. The summed E-state index contributed by atoms with van der Waals surface area (Å²) in [5, 5.41) is 0. The standard InChI is InChI=1S/C11H13BN2S/c1-13-8-9-14(2)11(13)12-15-10-6-4-3-5-7-10/h3-9H,1-2H3. The molecule has 76 valence electrons. The van der Waals surface area contributed by atoms with E-state index in [9.17, 15) is 0 Å². The van der Waals surface area contributed by atoms with Crippen LogP contribution in [0.5, 0.6) is 0 Å². The molecule has 0 bridgehead atoms. The summed E-state index contributed by atoms with van der Waals surface area (Å²) in [6.45, 7) is 2.16. The lowest BCUT2D eigenvalue weighted by Crippen LogP contribution is -2.48. The van der Waals surface area contributed by atoms with Crippen molar-refractivity contribution in [1.82, 2.24) is 4.57 Å². The number of aryl methyl sites for hydroxylation is 2. The minimum absolute atomic E-state index is 1.20. The molecule has 1 heterocycles. The van der Waals surface area contributed by atoms with Crippen LogP contribution in [0.25, 0.3) is 0 Å². The summed E-state index contributed by atoms with van der Waals surface area (Å²) in [5.74, 6) is 0. The summed E-state index contributed by atoms with van der Waals surface area (Å²) in [6.07, 6.45) is 4.11. The molecule has 1 aromatic carbocycles. The first-order valence-corrected chi connectivity index (χ1v) is 5.71. The van der Waals surface area contributed by atoms with Crippen LogP contribution < -0.4 is 10.3 Å². The molecule has 1 aromatic heterocycles. The summed E-state index contributed by atoms with van der Waals surface area (Å²) >= 11 is 1.74. The van der Waals surface area contributed by atoms with E-state index in [2.05, 4.69) is 66.4 Å². The number of aromatic nitrogens is 2. The second-order valence-electron chi connectivity index (χ2n) is 3.43. The normalized spacial score (nSPS) is 10.5. The maximum atomic E-state index is 2.16. The topological polar surface area (TPSA) is 8.81 Å². The van der Waals surface area contributed by atoms with Crippen molar-refractivity contribution in [2.24, 2.45) is 14.1 Å². The van der Waals surface area contributed by atoms with Crippen molar-refractivity contribution in [3.05, 3.63) is 42.7 Å². The van der Waals surface area contributed by atoms with Gasteiger partial charge >= 0.3 is 0 Å². The number of hydrogen-bond donors (Lipinski definition) is 0. The number of hydrogen-bond acceptors (Lipinski definition) is 1. The van der Waals surface area contributed by atoms with Gasteiger partial charge in [-0.3, -0.25) is 9.13 Å². The highest BCUT2D eigenvalue weighted by molar-refractivity contribution is 8.23. The fourth-order valence-electron chi connectivity index (χ4n) is 1.39. The Morgan fingerprint density at radius 1 is 1.27 bits per heavy atom. The zero-order chi connectivity index (χ0) is 10.7. The first-order chi connectivity index (χ1) is 7.27. The van der Waals surface area contributed by atoms with E-state index in [4.69, 9.17) is 0 Å². The van der Waals surface area contributed by atoms with Crippen molar-refractivity contribution in [3.63, 3.8) is 0 Å². The van der Waals surface area contributed by atoms with E-state index in [1.165, 1.54) is 10.6 Å². The third kappa shape index (κ3) is 2.45. The van der Waals surface area contributed by atoms with Crippen LogP contribution in [-0.4, -0.2) is 11.1 Å². The predicted molar refractivity (Wildman–Crippen MR) is 64.3 cm³/mol. The fourth-order valence-corrected chi connectivity index (χ4v) is 2.28. The Kier molecular flexibility index (Phi) is 3.16. The lowest BCUT2D eigenvalue weighted by atomic mass is 10.1. The van der Waals surface area contributed by atoms with Crippen LogP contribution >= 0.6 is 11.6 Å². The van der Waals surface area contributed by atoms with E-state index < -0.39 is 0 Å². The van der Waals surface area contributed by atoms with E-state index in [1.807, 2.05) is 6.07 Å². The molecule has 15 heavy (non-hydrogen) atoms. The molecular formula is C11H13BN2S. The maximum Gasteiger partial charge on any atom is 0.125 e. The largest absolute Gasteiger partial charge is 0.404 e. The Morgan fingerprint density at radius 3 is 2.60 bits per heavy atom. The SMILES string of the molecule is Cn1cc[n+](C)c1[B-]Sc1ccccc1. The molecular weight excluding hydrogens is 203 g/mol. The molecule has 0 unspecified atom stereocenters. The first-order valence-electron chi connectivity index (χ1n) is 4.83. The average Bonchev–Trinajstić information content (AvgIpc) is 2.58. The van der Waals surface area contributed by atoms with Crippen LogP contribution in [0.1, 0.15) is 0 Å². The summed E-state index contributed by atoms with van der Waals surface area (Å²) in [5.41, 5.74) is 1.20. The quantitative estimate of drug-likeness (QED) is 0.546. The maximum absolute atomic E-state index is 2.16. The van der Waals surface area contributed by atoms with Crippen LogP contribution in [0, 0.1) is 0 Å². The third-order valence-corrected chi connectivity index (χ3v) is 3.15. The molecule has 0 saturated heterocycles. The van der Waals surface area contributed by atoms with Gasteiger partial charge in [-0.2, -0.15) is 0 Å². The van der Waals surface area contributed by atoms with Gasteiger partial charge in [-0.1, -0.05) is 36.9 Å². The summed E-state index contributed by atoms with van der Waals surface area (Å²) < 4.78 is 4.21. The average molecular weight is 216 g/mol. The number of imidazole rings is 1. The molecule has 0 saturated carbocycles. The van der Waals surface area contributed by atoms with Crippen molar-refractivity contribution in [2.75, 3.05) is 0 Å². The van der Waals surface area contributed by atoms with Gasteiger partial charge in [-0.15, -0.1) is 0 Å². The fraction of sp³-hybridized carbons (Fsp3) is 0.182.